The number of amides is 1. The Hall–Kier alpha value is -3.32. The Morgan fingerprint density at radius 2 is 1.90 bits per heavy atom. The lowest BCUT2D eigenvalue weighted by molar-refractivity contribution is -0.116. The molecule has 1 aliphatic heterocycles. The first kappa shape index (κ1) is 20.9. The highest BCUT2D eigenvalue weighted by Crippen LogP contribution is 2.35. The lowest BCUT2D eigenvalue weighted by Crippen LogP contribution is -2.31. The van der Waals surface area contributed by atoms with Crippen LogP contribution in [0.1, 0.15) is 34.6 Å². The fourth-order valence-electron chi connectivity index (χ4n) is 3.49. The molecule has 1 atom stereocenters. The van der Waals surface area contributed by atoms with Gasteiger partial charge in [0.2, 0.25) is 5.91 Å². The van der Waals surface area contributed by atoms with Crippen LogP contribution in [0, 0.1) is 6.92 Å². The number of ether oxygens (including phenoxy) is 1. The number of fused-ring (bicyclic) bond motifs is 1. The summed E-state index contributed by atoms with van der Waals surface area (Å²) in [5.74, 6) is 1.20. The van der Waals surface area contributed by atoms with Crippen molar-refractivity contribution in [2.24, 2.45) is 0 Å². The molecular weight excluding hydrogens is 410 g/mol. The van der Waals surface area contributed by atoms with Crippen molar-refractivity contribution in [3.05, 3.63) is 93.8 Å². The number of benzene rings is 2. The van der Waals surface area contributed by atoms with Crippen LogP contribution in [0.4, 0.5) is 5.82 Å². The van der Waals surface area contributed by atoms with Crippen molar-refractivity contribution in [3.8, 4) is 5.75 Å². The van der Waals surface area contributed by atoms with Crippen LogP contribution in [-0.4, -0.2) is 22.5 Å². The minimum Gasteiger partial charge on any atom is -0.490 e. The number of carbonyl (C=O) groups excluding carboxylic acids is 1. The first-order chi connectivity index (χ1) is 15.0. The van der Waals surface area contributed by atoms with Crippen molar-refractivity contribution >= 4 is 23.5 Å². The molecule has 0 radical (unpaired) electrons. The highest BCUT2D eigenvalue weighted by molar-refractivity contribution is 7.98. The van der Waals surface area contributed by atoms with Crippen molar-refractivity contribution < 1.29 is 9.53 Å². The zero-order valence-electron chi connectivity index (χ0n) is 17.2. The van der Waals surface area contributed by atoms with E-state index in [4.69, 9.17) is 4.74 Å². The van der Waals surface area contributed by atoms with E-state index in [2.05, 4.69) is 46.1 Å². The van der Waals surface area contributed by atoms with Crippen molar-refractivity contribution in [2.45, 2.75) is 30.2 Å². The van der Waals surface area contributed by atoms with Gasteiger partial charge in [0, 0.05) is 18.1 Å². The Morgan fingerprint density at radius 1 is 1.16 bits per heavy atom. The Kier molecular flexibility index (Phi) is 6.23. The SMILES string of the molecule is C=CCOc1ccc(C2CC(=O)Nc3nc(SCc4ccc(C)cc4)[nH]c(=O)c32)cc1. The third-order valence-electron chi connectivity index (χ3n) is 5.08. The number of hydrogen-bond acceptors (Lipinski definition) is 5. The summed E-state index contributed by atoms with van der Waals surface area (Å²) < 4.78 is 5.52. The van der Waals surface area contributed by atoms with E-state index in [0.29, 0.717) is 34.6 Å². The van der Waals surface area contributed by atoms with E-state index in [1.165, 1.54) is 17.3 Å². The Morgan fingerprint density at radius 3 is 2.61 bits per heavy atom. The summed E-state index contributed by atoms with van der Waals surface area (Å²) in [6, 6.07) is 15.6. The number of anilines is 1. The van der Waals surface area contributed by atoms with Gasteiger partial charge in [-0.15, -0.1) is 0 Å². The molecule has 2 aromatic carbocycles. The van der Waals surface area contributed by atoms with Gasteiger partial charge in [0.25, 0.3) is 5.56 Å². The molecule has 0 saturated heterocycles. The minimum absolute atomic E-state index is 0.155. The average Bonchev–Trinajstić information content (AvgIpc) is 2.77. The molecule has 158 valence electrons. The molecule has 1 aromatic heterocycles. The summed E-state index contributed by atoms with van der Waals surface area (Å²) in [5, 5.41) is 3.25. The van der Waals surface area contributed by atoms with Gasteiger partial charge in [0.15, 0.2) is 5.16 Å². The number of aryl methyl sites for hydroxylation is 1. The summed E-state index contributed by atoms with van der Waals surface area (Å²) in [7, 11) is 0. The molecule has 3 aromatic rings. The zero-order valence-corrected chi connectivity index (χ0v) is 18.0. The van der Waals surface area contributed by atoms with Crippen LogP contribution >= 0.6 is 11.8 Å². The molecule has 6 nitrogen and oxygen atoms in total. The Balaban J connectivity index is 1.58. The van der Waals surface area contributed by atoms with Gasteiger partial charge < -0.3 is 15.0 Å². The second kappa shape index (κ2) is 9.22. The number of H-pyrrole nitrogens is 1. The maximum atomic E-state index is 12.9. The molecule has 0 saturated carbocycles. The van der Waals surface area contributed by atoms with Gasteiger partial charge in [0.05, 0.1) is 5.56 Å². The van der Waals surface area contributed by atoms with Gasteiger partial charge in [0.1, 0.15) is 18.2 Å². The maximum Gasteiger partial charge on any atom is 0.257 e. The first-order valence-corrected chi connectivity index (χ1v) is 11.0. The lowest BCUT2D eigenvalue weighted by Gasteiger charge is -2.24. The molecule has 0 spiro atoms. The number of rotatable bonds is 7. The van der Waals surface area contributed by atoms with Crippen molar-refractivity contribution in [2.75, 3.05) is 11.9 Å². The smallest absolute Gasteiger partial charge is 0.257 e. The normalized spacial score (nSPS) is 15.1. The predicted octanol–water partition coefficient (Wildman–Crippen LogP) is 4.41. The van der Waals surface area contributed by atoms with Crippen LogP contribution in [-0.2, 0) is 10.5 Å². The molecule has 31 heavy (non-hydrogen) atoms. The Bertz CT molecular complexity index is 1150. The third-order valence-corrected chi connectivity index (χ3v) is 6.02. The molecule has 2 heterocycles. The topological polar surface area (TPSA) is 84.1 Å². The second-order valence-electron chi connectivity index (χ2n) is 7.38. The fourth-order valence-corrected chi connectivity index (χ4v) is 4.31. The summed E-state index contributed by atoms with van der Waals surface area (Å²) in [4.78, 5) is 32.7. The highest BCUT2D eigenvalue weighted by atomic mass is 32.2. The van der Waals surface area contributed by atoms with E-state index in [0.717, 1.165) is 11.1 Å². The summed E-state index contributed by atoms with van der Waals surface area (Å²) in [6.07, 6.45) is 1.87. The molecule has 2 N–H and O–H groups in total. The molecule has 1 unspecified atom stereocenters. The van der Waals surface area contributed by atoms with E-state index in [1.54, 1.807) is 6.08 Å². The molecule has 0 bridgehead atoms. The van der Waals surface area contributed by atoms with Crippen LogP contribution in [0.25, 0.3) is 0 Å². The second-order valence-corrected chi connectivity index (χ2v) is 8.35. The number of nitrogens with zero attached hydrogens (tertiary/aromatic N) is 1. The maximum absolute atomic E-state index is 12.9. The van der Waals surface area contributed by atoms with E-state index in [9.17, 15) is 9.59 Å². The van der Waals surface area contributed by atoms with Gasteiger partial charge in [-0.3, -0.25) is 9.59 Å². The lowest BCUT2D eigenvalue weighted by atomic mass is 9.87. The molecule has 4 rings (SSSR count). The third kappa shape index (κ3) is 4.88. The van der Waals surface area contributed by atoms with E-state index in [-0.39, 0.29) is 23.8 Å². The molecule has 0 aliphatic carbocycles. The monoisotopic (exact) mass is 433 g/mol. The van der Waals surface area contributed by atoms with Gasteiger partial charge in [-0.1, -0.05) is 66.4 Å². The Labute approximate surface area is 184 Å². The quantitative estimate of drug-likeness (QED) is 0.328. The number of hydrogen-bond donors (Lipinski definition) is 2. The highest BCUT2D eigenvalue weighted by Gasteiger charge is 2.31. The fraction of sp³-hybridized carbons (Fsp3) is 0.208. The number of carbonyl (C=O) groups is 1. The minimum atomic E-state index is -0.357. The number of aromatic amines is 1. The largest absolute Gasteiger partial charge is 0.490 e. The van der Waals surface area contributed by atoms with Crippen LogP contribution in [0.5, 0.6) is 5.75 Å². The van der Waals surface area contributed by atoms with Gasteiger partial charge in [-0.05, 0) is 30.2 Å². The molecular formula is C24H23N3O3S. The molecule has 1 aliphatic rings. The summed E-state index contributed by atoms with van der Waals surface area (Å²) >= 11 is 1.43. The number of nitrogens with one attached hydrogen (secondary N) is 2. The number of aromatic nitrogens is 2. The van der Waals surface area contributed by atoms with Crippen LogP contribution < -0.4 is 15.6 Å². The average molecular weight is 434 g/mol. The number of thioether (sulfide) groups is 1. The van der Waals surface area contributed by atoms with Crippen molar-refractivity contribution in [1.29, 1.82) is 0 Å². The standard InChI is InChI=1S/C24H23N3O3S/c1-3-12-30-18-10-8-17(9-11-18)19-13-20(28)25-22-21(19)23(29)27-24(26-22)31-14-16-6-4-15(2)5-7-16/h3-11,19H,1,12-14H2,2H3,(H2,25,26,27,28,29). The summed E-state index contributed by atoms with van der Waals surface area (Å²) in [5.41, 5.74) is 3.46. The van der Waals surface area contributed by atoms with Crippen molar-refractivity contribution in [3.63, 3.8) is 0 Å². The molecule has 1 amide bonds. The van der Waals surface area contributed by atoms with Crippen LogP contribution in [0.15, 0.2) is 71.1 Å². The summed E-state index contributed by atoms with van der Waals surface area (Å²) in [6.45, 7) is 6.09. The van der Waals surface area contributed by atoms with Gasteiger partial charge >= 0.3 is 0 Å². The van der Waals surface area contributed by atoms with Crippen molar-refractivity contribution in [1.82, 2.24) is 9.97 Å². The van der Waals surface area contributed by atoms with Crippen LogP contribution in [0.2, 0.25) is 0 Å². The van der Waals surface area contributed by atoms with Crippen LogP contribution in [0.3, 0.4) is 0 Å². The molecule has 7 heteroatoms. The predicted molar refractivity (Wildman–Crippen MR) is 123 cm³/mol. The van der Waals surface area contributed by atoms with Gasteiger partial charge in [-0.2, -0.15) is 0 Å². The van der Waals surface area contributed by atoms with E-state index < -0.39 is 0 Å². The molecule has 0 fully saturated rings. The van der Waals surface area contributed by atoms with Gasteiger partial charge in [-0.25, -0.2) is 4.98 Å². The first-order valence-electron chi connectivity index (χ1n) is 9.99. The van der Waals surface area contributed by atoms with E-state index >= 15 is 0 Å². The van der Waals surface area contributed by atoms with E-state index in [1.807, 2.05) is 31.2 Å². The zero-order chi connectivity index (χ0) is 21.8.